The van der Waals surface area contributed by atoms with Crippen LogP contribution in [0.4, 0.5) is 5.69 Å². The predicted octanol–water partition coefficient (Wildman–Crippen LogP) is 3.03. The zero-order chi connectivity index (χ0) is 16.2. The quantitative estimate of drug-likeness (QED) is 0.678. The highest BCUT2D eigenvalue weighted by molar-refractivity contribution is 7.86. The molecule has 0 aliphatic rings. The van der Waals surface area contributed by atoms with Crippen LogP contribution in [0.3, 0.4) is 0 Å². The second kappa shape index (κ2) is 6.64. The van der Waals surface area contributed by atoms with Crippen LogP contribution in [0, 0.1) is 0 Å². The fourth-order valence-electron chi connectivity index (χ4n) is 1.99. The van der Waals surface area contributed by atoms with Gasteiger partial charge in [0.15, 0.2) is 0 Å². The van der Waals surface area contributed by atoms with Gasteiger partial charge >= 0.3 is 0 Å². The first-order chi connectivity index (χ1) is 10.4. The van der Waals surface area contributed by atoms with Gasteiger partial charge in [0.2, 0.25) is 0 Å². The number of carbonyl (C=O) groups is 1. The molecule has 2 rings (SSSR count). The van der Waals surface area contributed by atoms with Crippen molar-refractivity contribution in [1.29, 1.82) is 0 Å². The summed E-state index contributed by atoms with van der Waals surface area (Å²) in [5.41, 5.74) is 1.28. The van der Waals surface area contributed by atoms with Crippen LogP contribution in [0.15, 0.2) is 64.5 Å². The van der Waals surface area contributed by atoms with Crippen LogP contribution in [0.2, 0.25) is 0 Å². The van der Waals surface area contributed by atoms with E-state index in [1.54, 1.807) is 30.3 Å². The third-order valence-electron chi connectivity index (χ3n) is 2.92. The van der Waals surface area contributed by atoms with Crippen molar-refractivity contribution in [3.8, 4) is 0 Å². The van der Waals surface area contributed by atoms with Gasteiger partial charge in [0.1, 0.15) is 10.7 Å². The minimum atomic E-state index is -4.38. The topological polar surface area (TPSA) is 83.8 Å². The Morgan fingerprint density at radius 1 is 1.05 bits per heavy atom. The molecule has 0 heterocycles. The van der Waals surface area contributed by atoms with Gasteiger partial charge in [-0.2, -0.15) is 8.42 Å². The lowest BCUT2D eigenvalue weighted by Crippen LogP contribution is -2.07. The van der Waals surface area contributed by atoms with Crippen molar-refractivity contribution in [2.45, 2.75) is 18.2 Å². The van der Waals surface area contributed by atoms with E-state index in [-0.39, 0.29) is 22.8 Å². The monoisotopic (exact) mass is 317 g/mol. The van der Waals surface area contributed by atoms with E-state index in [1.807, 2.05) is 6.07 Å². The van der Waals surface area contributed by atoms with Crippen molar-refractivity contribution >= 4 is 27.3 Å². The van der Waals surface area contributed by atoms with E-state index in [1.165, 1.54) is 25.1 Å². The van der Waals surface area contributed by atoms with Crippen molar-refractivity contribution in [3.05, 3.63) is 60.2 Å². The molecule has 6 heteroatoms. The summed E-state index contributed by atoms with van der Waals surface area (Å²) < 4.78 is 32.1. The first-order valence-corrected chi connectivity index (χ1v) is 8.01. The number of hydrogen-bond donors (Lipinski definition) is 1. The summed E-state index contributed by atoms with van der Waals surface area (Å²) in [6.07, 6.45) is 0.0732. The third kappa shape index (κ3) is 4.09. The lowest BCUT2D eigenvalue weighted by atomic mass is 10.1. The second-order valence-electron chi connectivity index (χ2n) is 4.75. The average Bonchev–Trinajstić information content (AvgIpc) is 2.46. The maximum Gasteiger partial charge on any atom is 0.296 e. The molecule has 0 saturated carbocycles. The standard InChI is InChI=1S/C16H15NO4S/c1-12(18)11-15(13-7-3-2-4-8-13)17-14-9-5-6-10-16(14)22(19,20)21/h2-10H,11H2,1H3,(H,19,20,21). The molecular weight excluding hydrogens is 302 g/mol. The van der Waals surface area contributed by atoms with Crippen LogP contribution in [-0.2, 0) is 14.9 Å². The Hall–Kier alpha value is -2.31. The summed E-state index contributed by atoms with van der Waals surface area (Å²) in [6, 6.07) is 14.9. The first kappa shape index (κ1) is 16.1. The van der Waals surface area contributed by atoms with Crippen LogP contribution in [0.5, 0.6) is 0 Å². The van der Waals surface area contributed by atoms with Crippen LogP contribution < -0.4 is 0 Å². The SMILES string of the molecule is CC(=O)CC(=Nc1ccccc1S(=O)(=O)O)c1ccccc1. The second-order valence-corrected chi connectivity index (χ2v) is 6.14. The average molecular weight is 317 g/mol. The Kier molecular flexibility index (Phi) is 4.85. The van der Waals surface area contributed by atoms with Gasteiger partial charge in [-0.25, -0.2) is 0 Å². The molecule has 114 valence electrons. The van der Waals surface area contributed by atoms with E-state index in [0.29, 0.717) is 5.71 Å². The fraction of sp³-hybridized carbons (Fsp3) is 0.125. The van der Waals surface area contributed by atoms with Gasteiger partial charge in [0.05, 0.1) is 11.4 Å². The number of para-hydroxylation sites is 1. The number of carbonyl (C=O) groups excluding carboxylic acids is 1. The highest BCUT2D eigenvalue weighted by atomic mass is 32.2. The summed E-state index contributed by atoms with van der Waals surface area (Å²) in [6.45, 7) is 1.44. The highest BCUT2D eigenvalue weighted by Crippen LogP contribution is 2.25. The number of hydrogen-bond acceptors (Lipinski definition) is 4. The van der Waals surface area contributed by atoms with E-state index in [4.69, 9.17) is 0 Å². The van der Waals surface area contributed by atoms with Crippen LogP contribution >= 0.6 is 0 Å². The summed E-state index contributed by atoms with van der Waals surface area (Å²) in [5.74, 6) is -0.0908. The molecule has 0 aliphatic carbocycles. The molecule has 5 nitrogen and oxygen atoms in total. The molecule has 1 N–H and O–H groups in total. The van der Waals surface area contributed by atoms with Crippen LogP contribution in [-0.4, -0.2) is 24.5 Å². The third-order valence-corrected chi connectivity index (χ3v) is 3.82. The number of benzene rings is 2. The van der Waals surface area contributed by atoms with Crippen LogP contribution in [0.1, 0.15) is 18.9 Å². The number of aliphatic imine (C=N–C) groups is 1. The Morgan fingerprint density at radius 3 is 2.23 bits per heavy atom. The molecule has 0 aliphatic heterocycles. The number of nitrogens with zero attached hydrogens (tertiary/aromatic N) is 1. The largest absolute Gasteiger partial charge is 0.300 e. The van der Waals surface area contributed by atoms with Gasteiger partial charge in [-0.05, 0) is 24.6 Å². The van der Waals surface area contributed by atoms with Crippen molar-refractivity contribution in [2.24, 2.45) is 4.99 Å². The minimum absolute atomic E-state index is 0.0732. The highest BCUT2D eigenvalue weighted by Gasteiger charge is 2.15. The van der Waals surface area contributed by atoms with Crippen molar-refractivity contribution in [1.82, 2.24) is 0 Å². The maximum atomic E-state index is 11.5. The molecule has 0 aromatic heterocycles. The Bertz CT molecular complexity index is 811. The van der Waals surface area contributed by atoms with E-state index in [9.17, 15) is 17.8 Å². The van der Waals surface area contributed by atoms with Crippen LogP contribution in [0.25, 0.3) is 0 Å². The fourth-order valence-corrected chi connectivity index (χ4v) is 2.61. The van der Waals surface area contributed by atoms with Gasteiger partial charge in [0, 0.05) is 6.42 Å². The number of rotatable bonds is 5. The van der Waals surface area contributed by atoms with Gasteiger partial charge in [-0.3, -0.25) is 14.3 Å². The molecule has 0 fully saturated rings. The molecule has 0 saturated heterocycles. The summed E-state index contributed by atoms with van der Waals surface area (Å²) in [5, 5.41) is 0. The molecule has 0 spiro atoms. The Morgan fingerprint density at radius 2 is 1.64 bits per heavy atom. The molecule has 0 atom stereocenters. The van der Waals surface area contributed by atoms with E-state index >= 15 is 0 Å². The number of Topliss-reactive ketones (excluding diaryl/α,β-unsaturated/α-hetero) is 1. The smallest absolute Gasteiger partial charge is 0.296 e. The zero-order valence-electron chi connectivity index (χ0n) is 11.9. The van der Waals surface area contributed by atoms with Crippen molar-refractivity contribution in [3.63, 3.8) is 0 Å². The summed E-state index contributed by atoms with van der Waals surface area (Å²) in [7, 11) is -4.38. The maximum absolute atomic E-state index is 11.5. The van der Waals surface area contributed by atoms with E-state index in [2.05, 4.69) is 4.99 Å². The lowest BCUT2D eigenvalue weighted by Gasteiger charge is -2.07. The van der Waals surface area contributed by atoms with Gasteiger partial charge in [-0.15, -0.1) is 0 Å². The van der Waals surface area contributed by atoms with Gasteiger partial charge in [0.25, 0.3) is 10.1 Å². The first-order valence-electron chi connectivity index (χ1n) is 6.57. The van der Waals surface area contributed by atoms with Gasteiger partial charge < -0.3 is 0 Å². The molecule has 2 aromatic rings. The normalized spacial score (nSPS) is 12.2. The zero-order valence-corrected chi connectivity index (χ0v) is 12.7. The molecule has 0 amide bonds. The summed E-state index contributed by atoms with van der Waals surface area (Å²) in [4.78, 5) is 15.5. The Balaban J connectivity index is 2.58. The van der Waals surface area contributed by atoms with Crippen molar-refractivity contribution < 1.29 is 17.8 Å². The van der Waals surface area contributed by atoms with Gasteiger partial charge in [-0.1, -0.05) is 42.5 Å². The Labute approximate surface area is 129 Å². The van der Waals surface area contributed by atoms with Crippen molar-refractivity contribution in [2.75, 3.05) is 0 Å². The molecule has 22 heavy (non-hydrogen) atoms. The molecule has 0 radical (unpaired) electrons. The van der Waals surface area contributed by atoms with E-state index in [0.717, 1.165) is 5.56 Å². The molecular formula is C16H15NO4S. The predicted molar refractivity (Wildman–Crippen MR) is 84.2 cm³/mol. The summed E-state index contributed by atoms with van der Waals surface area (Å²) >= 11 is 0. The lowest BCUT2D eigenvalue weighted by molar-refractivity contribution is -0.115. The number of ketones is 1. The molecule has 0 unspecified atom stereocenters. The molecule has 2 aromatic carbocycles. The molecule has 0 bridgehead atoms. The van der Waals surface area contributed by atoms with E-state index < -0.39 is 10.1 Å². The minimum Gasteiger partial charge on any atom is -0.300 e.